The molecule has 0 aromatic heterocycles. The fraction of sp³-hybridized carbons (Fsp3) is 0.600. The van der Waals surface area contributed by atoms with Crippen molar-refractivity contribution in [3.8, 4) is 11.5 Å². The molecular weight excluding hydrogens is 242 g/mol. The normalized spacial score (nSPS) is 24.4. The van der Waals surface area contributed by atoms with E-state index in [-0.39, 0.29) is 6.10 Å². The van der Waals surface area contributed by atoms with E-state index in [9.17, 15) is 5.11 Å². The highest BCUT2D eigenvalue weighted by atomic mass is 16.5. The van der Waals surface area contributed by atoms with Crippen molar-refractivity contribution in [3.05, 3.63) is 23.8 Å². The third-order valence-corrected chi connectivity index (χ3v) is 3.71. The minimum atomic E-state index is 0.246. The second kappa shape index (κ2) is 6.26. The van der Waals surface area contributed by atoms with Gasteiger partial charge in [0.1, 0.15) is 11.5 Å². The van der Waals surface area contributed by atoms with Gasteiger partial charge in [0.25, 0.3) is 0 Å². The van der Waals surface area contributed by atoms with Crippen LogP contribution in [0.15, 0.2) is 18.2 Å². The summed E-state index contributed by atoms with van der Waals surface area (Å²) in [5.41, 5.74) is 0.909. The number of phenols is 1. The van der Waals surface area contributed by atoms with Crippen LogP contribution in [0.1, 0.15) is 25.8 Å². The standard InChI is InChI=1S/C15H23NO3/c1-4-13-10-19-11(2)8-16(13)9-12-7-14(18-3)5-6-15(12)17/h5-7,11,13,17H,4,8-10H2,1-3H3. The molecule has 0 saturated carbocycles. The summed E-state index contributed by atoms with van der Waals surface area (Å²) in [5, 5.41) is 9.97. The number of nitrogens with zero attached hydrogens (tertiary/aromatic N) is 1. The second-order valence-electron chi connectivity index (χ2n) is 5.13. The zero-order valence-corrected chi connectivity index (χ0v) is 11.9. The first kappa shape index (κ1) is 14.2. The number of morpholine rings is 1. The Hall–Kier alpha value is -1.26. The molecule has 19 heavy (non-hydrogen) atoms. The predicted molar refractivity (Wildman–Crippen MR) is 74.6 cm³/mol. The molecular formula is C15H23NO3. The Morgan fingerprint density at radius 2 is 2.26 bits per heavy atom. The molecule has 0 radical (unpaired) electrons. The minimum Gasteiger partial charge on any atom is -0.508 e. The first-order valence-electron chi connectivity index (χ1n) is 6.85. The van der Waals surface area contributed by atoms with E-state index in [4.69, 9.17) is 9.47 Å². The lowest BCUT2D eigenvalue weighted by molar-refractivity contribution is -0.0593. The molecule has 1 fully saturated rings. The highest BCUT2D eigenvalue weighted by Crippen LogP contribution is 2.26. The van der Waals surface area contributed by atoms with Crippen LogP contribution in [-0.2, 0) is 11.3 Å². The largest absolute Gasteiger partial charge is 0.508 e. The van der Waals surface area contributed by atoms with Gasteiger partial charge in [-0.25, -0.2) is 0 Å². The smallest absolute Gasteiger partial charge is 0.120 e. The van der Waals surface area contributed by atoms with Gasteiger partial charge in [0, 0.05) is 24.7 Å². The molecule has 1 saturated heterocycles. The summed E-state index contributed by atoms with van der Waals surface area (Å²) in [7, 11) is 1.64. The molecule has 1 heterocycles. The third kappa shape index (κ3) is 3.39. The van der Waals surface area contributed by atoms with Crippen molar-refractivity contribution < 1.29 is 14.6 Å². The van der Waals surface area contributed by atoms with Gasteiger partial charge >= 0.3 is 0 Å². The lowest BCUT2D eigenvalue weighted by Crippen LogP contribution is -2.47. The molecule has 2 atom stereocenters. The average Bonchev–Trinajstić information content (AvgIpc) is 2.41. The number of aromatic hydroxyl groups is 1. The average molecular weight is 265 g/mol. The minimum absolute atomic E-state index is 0.246. The van der Waals surface area contributed by atoms with Gasteiger partial charge in [-0.3, -0.25) is 4.90 Å². The van der Waals surface area contributed by atoms with Gasteiger partial charge in [-0.05, 0) is 31.5 Å². The molecule has 2 unspecified atom stereocenters. The molecule has 0 bridgehead atoms. The molecule has 1 aromatic carbocycles. The first-order chi connectivity index (χ1) is 9.13. The summed E-state index contributed by atoms with van der Waals surface area (Å²) in [6.07, 6.45) is 1.30. The summed E-state index contributed by atoms with van der Waals surface area (Å²) >= 11 is 0. The Bertz CT molecular complexity index is 422. The van der Waals surface area contributed by atoms with E-state index in [1.165, 1.54) is 0 Å². The van der Waals surface area contributed by atoms with Crippen LogP contribution in [0.5, 0.6) is 11.5 Å². The summed E-state index contributed by atoms with van der Waals surface area (Å²) in [6.45, 7) is 6.65. The maximum Gasteiger partial charge on any atom is 0.120 e. The number of rotatable bonds is 4. The Labute approximate surface area is 114 Å². The zero-order chi connectivity index (χ0) is 13.8. The van der Waals surface area contributed by atoms with Crippen LogP contribution in [0.25, 0.3) is 0 Å². The van der Waals surface area contributed by atoms with Crippen molar-refractivity contribution in [2.24, 2.45) is 0 Å². The number of benzene rings is 1. The van der Waals surface area contributed by atoms with E-state index < -0.39 is 0 Å². The SMILES string of the molecule is CCC1COC(C)CN1Cc1cc(OC)ccc1O. The topological polar surface area (TPSA) is 41.9 Å². The van der Waals surface area contributed by atoms with Crippen molar-refractivity contribution in [2.45, 2.75) is 39.0 Å². The Morgan fingerprint density at radius 1 is 1.47 bits per heavy atom. The van der Waals surface area contributed by atoms with Gasteiger partial charge in [0.05, 0.1) is 19.8 Å². The third-order valence-electron chi connectivity index (χ3n) is 3.71. The lowest BCUT2D eigenvalue weighted by atomic mass is 10.1. The molecule has 1 aliphatic rings. The van der Waals surface area contributed by atoms with Crippen LogP contribution in [0.3, 0.4) is 0 Å². The highest BCUT2D eigenvalue weighted by Gasteiger charge is 2.26. The van der Waals surface area contributed by atoms with E-state index >= 15 is 0 Å². The van der Waals surface area contributed by atoms with E-state index in [0.29, 0.717) is 11.8 Å². The van der Waals surface area contributed by atoms with Crippen molar-refractivity contribution in [3.63, 3.8) is 0 Å². The van der Waals surface area contributed by atoms with E-state index in [1.54, 1.807) is 19.2 Å². The van der Waals surface area contributed by atoms with Gasteiger partial charge in [0.15, 0.2) is 0 Å². The number of ether oxygens (including phenoxy) is 2. The Morgan fingerprint density at radius 3 is 2.95 bits per heavy atom. The molecule has 0 spiro atoms. The lowest BCUT2D eigenvalue weighted by Gasteiger charge is -2.38. The molecule has 1 N–H and O–H groups in total. The molecule has 1 aliphatic heterocycles. The zero-order valence-electron chi connectivity index (χ0n) is 11.9. The maximum absolute atomic E-state index is 9.97. The van der Waals surface area contributed by atoms with Gasteiger partial charge in [-0.1, -0.05) is 6.92 Å². The fourth-order valence-corrected chi connectivity index (χ4v) is 2.52. The van der Waals surface area contributed by atoms with Crippen LogP contribution in [0.2, 0.25) is 0 Å². The van der Waals surface area contributed by atoms with Gasteiger partial charge in [-0.15, -0.1) is 0 Å². The van der Waals surface area contributed by atoms with Crippen molar-refractivity contribution in [1.82, 2.24) is 4.90 Å². The van der Waals surface area contributed by atoms with E-state index in [2.05, 4.69) is 18.7 Å². The van der Waals surface area contributed by atoms with Gasteiger partial charge < -0.3 is 14.6 Å². The number of hydrogen-bond acceptors (Lipinski definition) is 4. The van der Waals surface area contributed by atoms with Crippen LogP contribution >= 0.6 is 0 Å². The van der Waals surface area contributed by atoms with Crippen LogP contribution in [0, 0.1) is 0 Å². The molecule has 2 rings (SSSR count). The molecule has 0 aliphatic carbocycles. The van der Waals surface area contributed by atoms with Crippen molar-refractivity contribution in [1.29, 1.82) is 0 Å². The summed E-state index contributed by atoms with van der Waals surface area (Å²) in [5.74, 6) is 1.11. The predicted octanol–water partition coefficient (Wildman–Crippen LogP) is 2.40. The van der Waals surface area contributed by atoms with Gasteiger partial charge in [0.2, 0.25) is 0 Å². The van der Waals surface area contributed by atoms with E-state index in [0.717, 1.165) is 37.4 Å². The summed E-state index contributed by atoms with van der Waals surface area (Å²) in [6, 6.07) is 5.79. The van der Waals surface area contributed by atoms with Crippen molar-refractivity contribution >= 4 is 0 Å². The van der Waals surface area contributed by atoms with Gasteiger partial charge in [-0.2, -0.15) is 0 Å². The van der Waals surface area contributed by atoms with Crippen molar-refractivity contribution in [2.75, 3.05) is 20.3 Å². The highest BCUT2D eigenvalue weighted by molar-refractivity contribution is 5.39. The second-order valence-corrected chi connectivity index (χ2v) is 5.13. The number of methoxy groups -OCH3 is 1. The monoisotopic (exact) mass is 265 g/mol. The van der Waals surface area contributed by atoms with Crippen LogP contribution in [0.4, 0.5) is 0 Å². The van der Waals surface area contributed by atoms with E-state index in [1.807, 2.05) is 6.07 Å². The molecule has 4 heteroatoms. The molecule has 4 nitrogen and oxygen atoms in total. The number of phenolic OH excluding ortho intramolecular Hbond substituents is 1. The fourth-order valence-electron chi connectivity index (χ4n) is 2.52. The summed E-state index contributed by atoms with van der Waals surface area (Å²) < 4.78 is 10.9. The molecule has 106 valence electrons. The molecule has 0 amide bonds. The van der Waals surface area contributed by atoms with Crippen LogP contribution in [-0.4, -0.2) is 42.4 Å². The maximum atomic E-state index is 9.97. The summed E-state index contributed by atoms with van der Waals surface area (Å²) in [4.78, 5) is 2.38. The Balaban J connectivity index is 2.14. The number of hydrogen-bond donors (Lipinski definition) is 1. The Kier molecular flexibility index (Phi) is 4.66. The first-order valence-corrected chi connectivity index (χ1v) is 6.85. The molecule has 1 aromatic rings. The van der Waals surface area contributed by atoms with Crippen LogP contribution < -0.4 is 4.74 Å². The quantitative estimate of drug-likeness (QED) is 0.907.